The fraction of sp³-hybridized carbons (Fsp3) is 0.545. The summed E-state index contributed by atoms with van der Waals surface area (Å²) in [5, 5.41) is 3.32. The van der Waals surface area contributed by atoms with Crippen molar-refractivity contribution in [2.24, 2.45) is 0 Å². The molecule has 1 aliphatic heterocycles. The van der Waals surface area contributed by atoms with Crippen LogP contribution in [-0.2, 0) is 6.54 Å². The smallest absolute Gasteiger partial charge is 0.145 e. The van der Waals surface area contributed by atoms with E-state index in [-0.39, 0.29) is 5.82 Å². The molecule has 2 heterocycles. The van der Waals surface area contributed by atoms with Crippen molar-refractivity contribution in [3.8, 4) is 0 Å². The maximum atomic E-state index is 13.4. The summed E-state index contributed by atoms with van der Waals surface area (Å²) < 4.78 is 13.4. The first-order valence-corrected chi connectivity index (χ1v) is 5.30. The van der Waals surface area contributed by atoms with E-state index in [2.05, 4.69) is 22.1 Å². The Balaban J connectivity index is 2.04. The van der Waals surface area contributed by atoms with Crippen LogP contribution in [0.1, 0.15) is 12.5 Å². The van der Waals surface area contributed by atoms with Gasteiger partial charge in [0.2, 0.25) is 0 Å². The lowest BCUT2D eigenvalue weighted by Crippen LogP contribution is -2.49. The van der Waals surface area contributed by atoms with Crippen LogP contribution in [0.2, 0.25) is 0 Å². The number of nitrogens with zero attached hydrogens (tertiary/aromatic N) is 2. The fourth-order valence-electron chi connectivity index (χ4n) is 1.87. The van der Waals surface area contributed by atoms with Crippen molar-refractivity contribution in [1.29, 1.82) is 0 Å². The average Bonchev–Trinajstić information content (AvgIpc) is 2.24. The van der Waals surface area contributed by atoms with Gasteiger partial charge in [0.05, 0.1) is 6.20 Å². The minimum absolute atomic E-state index is 0.205. The summed E-state index contributed by atoms with van der Waals surface area (Å²) in [6, 6.07) is 2.22. The SMILES string of the molecule is CC1CNCCN1Cc1ccncc1F. The molecule has 3 nitrogen and oxygen atoms in total. The molecule has 1 aromatic rings. The quantitative estimate of drug-likeness (QED) is 0.788. The van der Waals surface area contributed by atoms with Crippen LogP contribution in [0.5, 0.6) is 0 Å². The van der Waals surface area contributed by atoms with Gasteiger partial charge in [0, 0.05) is 44.0 Å². The highest BCUT2D eigenvalue weighted by Crippen LogP contribution is 2.12. The molecular weight excluding hydrogens is 193 g/mol. The summed E-state index contributed by atoms with van der Waals surface area (Å²) >= 11 is 0. The standard InChI is InChI=1S/C11H16FN3/c1-9-6-14-4-5-15(9)8-10-2-3-13-7-11(10)12/h2-3,7,9,14H,4-6,8H2,1H3. The molecule has 1 atom stereocenters. The zero-order valence-electron chi connectivity index (χ0n) is 8.91. The minimum Gasteiger partial charge on any atom is -0.314 e. The summed E-state index contributed by atoms with van der Waals surface area (Å²) in [5.41, 5.74) is 0.735. The molecule has 0 spiro atoms. The number of pyridine rings is 1. The molecule has 1 N–H and O–H groups in total. The van der Waals surface area contributed by atoms with E-state index in [0.29, 0.717) is 12.6 Å². The van der Waals surface area contributed by atoms with Crippen molar-refractivity contribution in [2.75, 3.05) is 19.6 Å². The number of hydrogen-bond donors (Lipinski definition) is 1. The molecular formula is C11H16FN3. The molecule has 1 fully saturated rings. The molecule has 1 aromatic heterocycles. The van der Waals surface area contributed by atoms with Gasteiger partial charge in [-0.15, -0.1) is 0 Å². The molecule has 0 bridgehead atoms. The van der Waals surface area contributed by atoms with Crippen LogP contribution in [0, 0.1) is 5.82 Å². The maximum Gasteiger partial charge on any atom is 0.145 e. The van der Waals surface area contributed by atoms with Crippen molar-refractivity contribution in [3.05, 3.63) is 29.8 Å². The molecule has 0 aromatic carbocycles. The highest BCUT2D eigenvalue weighted by atomic mass is 19.1. The van der Waals surface area contributed by atoms with Gasteiger partial charge < -0.3 is 5.32 Å². The third-order valence-electron chi connectivity index (χ3n) is 2.87. The fourth-order valence-corrected chi connectivity index (χ4v) is 1.87. The zero-order valence-corrected chi connectivity index (χ0v) is 8.91. The molecule has 0 saturated carbocycles. The lowest BCUT2D eigenvalue weighted by Gasteiger charge is -2.33. The Kier molecular flexibility index (Phi) is 3.28. The van der Waals surface area contributed by atoms with Crippen LogP contribution in [-0.4, -0.2) is 35.6 Å². The number of rotatable bonds is 2. The second kappa shape index (κ2) is 4.68. The Morgan fingerprint density at radius 1 is 1.67 bits per heavy atom. The van der Waals surface area contributed by atoms with E-state index in [4.69, 9.17) is 0 Å². The van der Waals surface area contributed by atoms with Crippen LogP contribution in [0.4, 0.5) is 4.39 Å². The van der Waals surface area contributed by atoms with Gasteiger partial charge >= 0.3 is 0 Å². The summed E-state index contributed by atoms with van der Waals surface area (Å²) in [4.78, 5) is 6.04. The van der Waals surface area contributed by atoms with E-state index in [1.807, 2.05) is 0 Å². The van der Waals surface area contributed by atoms with Crippen molar-refractivity contribution < 1.29 is 4.39 Å². The van der Waals surface area contributed by atoms with E-state index in [1.165, 1.54) is 6.20 Å². The van der Waals surface area contributed by atoms with E-state index in [1.54, 1.807) is 12.3 Å². The summed E-state index contributed by atoms with van der Waals surface area (Å²) in [6.07, 6.45) is 2.92. The molecule has 0 amide bonds. The van der Waals surface area contributed by atoms with Crippen LogP contribution in [0.25, 0.3) is 0 Å². The summed E-state index contributed by atoms with van der Waals surface area (Å²) in [7, 11) is 0. The van der Waals surface area contributed by atoms with Crippen molar-refractivity contribution >= 4 is 0 Å². The largest absolute Gasteiger partial charge is 0.314 e. The Morgan fingerprint density at radius 3 is 3.27 bits per heavy atom. The van der Waals surface area contributed by atoms with Crippen molar-refractivity contribution in [3.63, 3.8) is 0 Å². The number of piperazine rings is 1. The van der Waals surface area contributed by atoms with Gasteiger partial charge in [0.15, 0.2) is 0 Å². The van der Waals surface area contributed by atoms with Crippen LogP contribution in [0.15, 0.2) is 18.5 Å². The first-order valence-electron chi connectivity index (χ1n) is 5.30. The Morgan fingerprint density at radius 2 is 2.53 bits per heavy atom. The lowest BCUT2D eigenvalue weighted by molar-refractivity contribution is 0.163. The molecule has 15 heavy (non-hydrogen) atoms. The molecule has 82 valence electrons. The minimum atomic E-state index is -0.205. The Hall–Kier alpha value is -1.00. The highest BCUT2D eigenvalue weighted by molar-refractivity contribution is 5.12. The molecule has 2 rings (SSSR count). The predicted molar refractivity (Wildman–Crippen MR) is 56.9 cm³/mol. The van der Waals surface area contributed by atoms with E-state index in [0.717, 1.165) is 25.2 Å². The molecule has 0 aliphatic carbocycles. The first-order chi connectivity index (χ1) is 7.27. The Labute approximate surface area is 89.3 Å². The van der Waals surface area contributed by atoms with Gasteiger partial charge in [-0.1, -0.05) is 0 Å². The monoisotopic (exact) mass is 209 g/mol. The second-order valence-corrected chi connectivity index (χ2v) is 3.99. The third-order valence-corrected chi connectivity index (χ3v) is 2.87. The number of aromatic nitrogens is 1. The molecule has 0 radical (unpaired) electrons. The predicted octanol–water partition coefficient (Wildman–Crippen LogP) is 1.01. The molecule has 1 unspecified atom stereocenters. The van der Waals surface area contributed by atoms with Gasteiger partial charge in [-0.05, 0) is 13.0 Å². The lowest BCUT2D eigenvalue weighted by atomic mass is 10.1. The van der Waals surface area contributed by atoms with Gasteiger partial charge in [-0.3, -0.25) is 9.88 Å². The van der Waals surface area contributed by atoms with Gasteiger partial charge in [-0.25, -0.2) is 4.39 Å². The Bertz CT molecular complexity index is 329. The van der Waals surface area contributed by atoms with Gasteiger partial charge in [0.1, 0.15) is 5.82 Å². The number of halogens is 1. The molecule has 1 aliphatic rings. The van der Waals surface area contributed by atoms with Crippen molar-refractivity contribution in [1.82, 2.24) is 15.2 Å². The van der Waals surface area contributed by atoms with Crippen LogP contribution < -0.4 is 5.32 Å². The van der Waals surface area contributed by atoms with Crippen LogP contribution in [0.3, 0.4) is 0 Å². The topological polar surface area (TPSA) is 28.2 Å². The maximum absolute atomic E-state index is 13.4. The summed E-state index contributed by atoms with van der Waals surface area (Å²) in [6.45, 7) is 5.77. The molecule has 4 heteroatoms. The van der Waals surface area contributed by atoms with Crippen molar-refractivity contribution in [2.45, 2.75) is 19.5 Å². The summed E-state index contributed by atoms with van der Waals surface area (Å²) in [5.74, 6) is -0.205. The van der Waals surface area contributed by atoms with E-state index in [9.17, 15) is 4.39 Å². The number of hydrogen-bond acceptors (Lipinski definition) is 3. The van der Waals surface area contributed by atoms with Gasteiger partial charge in [0.25, 0.3) is 0 Å². The third kappa shape index (κ3) is 2.52. The van der Waals surface area contributed by atoms with Gasteiger partial charge in [-0.2, -0.15) is 0 Å². The first kappa shape index (κ1) is 10.5. The normalized spacial score (nSPS) is 22.9. The van der Waals surface area contributed by atoms with Crippen LogP contribution >= 0.6 is 0 Å². The number of nitrogens with one attached hydrogen (secondary N) is 1. The van der Waals surface area contributed by atoms with E-state index < -0.39 is 0 Å². The second-order valence-electron chi connectivity index (χ2n) is 3.99. The van der Waals surface area contributed by atoms with E-state index >= 15 is 0 Å². The average molecular weight is 209 g/mol. The molecule has 1 saturated heterocycles. The zero-order chi connectivity index (χ0) is 10.7. The highest BCUT2D eigenvalue weighted by Gasteiger charge is 2.18.